The smallest absolute Gasteiger partial charge is 0.423 e. The topological polar surface area (TPSA) is 89.8 Å². The molecular weight excluding hydrogens is 399 g/mol. The molecule has 0 bridgehead atoms. The van der Waals surface area contributed by atoms with Gasteiger partial charge in [-0.05, 0) is 52.5 Å². The Morgan fingerprint density at radius 3 is 2.34 bits per heavy atom. The first-order valence-corrected chi connectivity index (χ1v) is 10.4. The van der Waals surface area contributed by atoms with Crippen molar-refractivity contribution in [2.75, 3.05) is 0 Å². The van der Waals surface area contributed by atoms with E-state index >= 15 is 0 Å². The molecule has 0 aliphatic rings. The summed E-state index contributed by atoms with van der Waals surface area (Å²) in [5.74, 6) is 0. The number of allylic oxidation sites excluding steroid dienone is 3. The molecule has 32 heavy (non-hydrogen) atoms. The summed E-state index contributed by atoms with van der Waals surface area (Å²) in [6.45, 7) is 6.76. The number of rotatable bonds is 8. The van der Waals surface area contributed by atoms with Crippen molar-refractivity contribution in [2.45, 2.75) is 20.0 Å². The van der Waals surface area contributed by atoms with E-state index in [0.717, 1.165) is 27.8 Å². The van der Waals surface area contributed by atoms with Crippen molar-refractivity contribution in [3.8, 4) is 0 Å². The molecule has 6 heteroatoms. The highest BCUT2D eigenvalue weighted by Crippen LogP contribution is 2.14. The van der Waals surface area contributed by atoms with Crippen LogP contribution in [0.3, 0.4) is 0 Å². The zero-order valence-corrected chi connectivity index (χ0v) is 18.3. The van der Waals surface area contributed by atoms with Crippen molar-refractivity contribution in [3.05, 3.63) is 120 Å². The van der Waals surface area contributed by atoms with Crippen molar-refractivity contribution in [1.29, 1.82) is 0 Å². The van der Waals surface area contributed by atoms with Crippen molar-refractivity contribution >= 4 is 24.2 Å². The Kier molecular flexibility index (Phi) is 10.7. The maximum absolute atomic E-state index is 9.33. The number of hydrogen-bond donors (Lipinski definition) is 4. The second-order valence-electron chi connectivity index (χ2n) is 6.88. The molecule has 0 amide bonds. The van der Waals surface area contributed by atoms with E-state index in [2.05, 4.69) is 11.9 Å². The van der Waals surface area contributed by atoms with Gasteiger partial charge in [0.05, 0.1) is 0 Å². The maximum atomic E-state index is 9.33. The summed E-state index contributed by atoms with van der Waals surface area (Å²) in [6.07, 6.45) is 10.9. The van der Waals surface area contributed by atoms with Gasteiger partial charge in [-0.1, -0.05) is 67.3 Å². The first-order chi connectivity index (χ1) is 15.6. The van der Waals surface area contributed by atoms with E-state index in [0.29, 0.717) is 18.6 Å². The average Bonchev–Trinajstić information content (AvgIpc) is 2.85. The van der Waals surface area contributed by atoms with Gasteiger partial charge in [0, 0.05) is 25.2 Å². The van der Waals surface area contributed by atoms with Crippen LogP contribution < -0.4 is 16.5 Å². The van der Waals surface area contributed by atoms with Crippen LogP contribution in [0.4, 0.5) is 0 Å². The SMILES string of the molecule is C/C=C(\C=C/NCc1ccccc1B(O)O)c1cc[o+]cc1.C=Cc1ccc(CN)cc1. The molecule has 0 fully saturated rings. The molecule has 0 saturated carbocycles. The minimum atomic E-state index is -1.46. The fourth-order valence-electron chi connectivity index (χ4n) is 2.93. The molecule has 1 heterocycles. The lowest BCUT2D eigenvalue weighted by Crippen LogP contribution is -2.34. The zero-order chi connectivity index (χ0) is 23.2. The Morgan fingerprint density at radius 2 is 1.75 bits per heavy atom. The largest absolute Gasteiger partial charge is 0.488 e. The van der Waals surface area contributed by atoms with Gasteiger partial charge in [-0.3, -0.25) is 0 Å². The summed E-state index contributed by atoms with van der Waals surface area (Å²) in [5.41, 5.74) is 11.2. The second kappa shape index (κ2) is 13.8. The summed E-state index contributed by atoms with van der Waals surface area (Å²) >= 11 is 0. The van der Waals surface area contributed by atoms with Crippen molar-refractivity contribution < 1.29 is 14.5 Å². The fourth-order valence-corrected chi connectivity index (χ4v) is 2.93. The van der Waals surface area contributed by atoms with E-state index in [1.807, 2.05) is 79.9 Å². The van der Waals surface area contributed by atoms with Gasteiger partial charge in [0.15, 0.2) is 0 Å². The zero-order valence-electron chi connectivity index (χ0n) is 18.3. The highest BCUT2D eigenvalue weighted by atomic mass is 16.4. The number of nitrogens with two attached hydrogens (primary N) is 1. The fraction of sp³-hybridized carbons (Fsp3) is 0.115. The van der Waals surface area contributed by atoms with Gasteiger partial charge in [-0.25, -0.2) is 4.42 Å². The summed E-state index contributed by atoms with van der Waals surface area (Å²) in [7, 11) is -1.46. The van der Waals surface area contributed by atoms with Gasteiger partial charge in [0.2, 0.25) is 0 Å². The molecule has 0 atom stereocenters. The van der Waals surface area contributed by atoms with Crippen LogP contribution in [0.1, 0.15) is 29.2 Å². The van der Waals surface area contributed by atoms with Crippen molar-refractivity contribution in [2.24, 2.45) is 5.73 Å². The molecule has 3 aromatic rings. The first kappa shape index (κ1) is 24.8. The van der Waals surface area contributed by atoms with Gasteiger partial charge in [-0.15, -0.1) is 0 Å². The van der Waals surface area contributed by atoms with Crippen molar-refractivity contribution in [3.63, 3.8) is 0 Å². The van der Waals surface area contributed by atoms with Crippen molar-refractivity contribution in [1.82, 2.24) is 5.32 Å². The van der Waals surface area contributed by atoms with Crippen LogP contribution in [0.25, 0.3) is 11.6 Å². The molecule has 3 rings (SSSR count). The minimum absolute atomic E-state index is 0.513. The Labute approximate surface area is 190 Å². The third-order valence-corrected chi connectivity index (χ3v) is 4.75. The molecule has 2 aromatic carbocycles. The molecule has 1 aromatic heterocycles. The van der Waals surface area contributed by atoms with E-state index in [9.17, 15) is 10.0 Å². The van der Waals surface area contributed by atoms with E-state index in [1.54, 1.807) is 24.7 Å². The average molecular weight is 429 g/mol. The molecule has 0 aliphatic heterocycles. The summed E-state index contributed by atoms with van der Waals surface area (Å²) in [4.78, 5) is 0. The number of nitrogens with one attached hydrogen (secondary N) is 1. The standard InChI is InChI=1S/C17H19BNO3.C9H11N/c1-2-14(15-8-11-22-12-9-15)7-10-19-13-16-5-3-4-6-17(16)18(20)21;1-2-8-3-5-9(7-10)6-4-8/h2-12,19-21H,13H2,1H3;2-6H,1,7,10H2/q+1;/b10-7-,14-2+;. The normalized spacial score (nSPS) is 10.9. The van der Waals surface area contributed by atoms with Gasteiger partial charge in [0.25, 0.3) is 0 Å². The number of benzene rings is 2. The van der Waals surface area contributed by atoms with Gasteiger partial charge in [0.1, 0.15) is 0 Å². The summed E-state index contributed by atoms with van der Waals surface area (Å²) in [5, 5.41) is 21.8. The maximum Gasteiger partial charge on any atom is 0.488 e. The molecule has 0 spiro atoms. The van der Waals surface area contributed by atoms with E-state index in [4.69, 9.17) is 10.2 Å². The van der Waals surface area contributed by atoms with Crippen LogP contribution >= 0.6 is 0 Å². The van der Waals surface area contributed by atoms with Crippen LogP contribution in [0.2, 0.25) is 0 Å². The molecule has 0 radical (unpaired) electrons. The van der Waals surface area contributed by atoms with Crippen LogP contribution in [-0.2, 0) is 13.1 Å². The van der Waals surface area contributed by atoms with Gasteiger partial charge >= 0.3 is 19.6 Å². The number of hydrogen-bond acceptors (Lipinski definition) is 4. The van der Waals surface area contributed by atoms with Gasteiger partial charge in [-0.2, -0.15) is 0 Å². The van der Waals surface area contributed by atoms with Crippen LogP contribution in [0, 0.1) is 0 Å². The Bertz CT molecular complexity index is 1020. The monoisotopic (exact) mass is 429 g/mol. The van der Waals surface area contributed by atoms with Crippen LogP contribution in [-0.4, -0.2) is 17.2 Å². The highest BCUT2D eigenvalue weighted by molar-refractivity contribution is 6.59. The lowest BCUT2D eigenvalue weighted by Gasteiger charge is -2.08. The lowest BCUT2D eigenvalue weighted by atomic mass is 9.77. The molecular formula is C26H30BN2O3+. The summed E-state index contributed by atoms with van der Waals surface area (Å²) < 4.78 is 5.02. The highest BCUT2D eigenvalue weighted by Gasteiger charge is 2.14. The molecule has 0 aliphatic carbocycles. The third kappa shape index (κ3) is 8.00. The Hall–Kier alpha value is -3.45. The Morgan fingerprint density at radius 1 is 1.06 bits per heavy atom. The van der Waals surface area contributed by atoms with E-state index in [1.165, 1.54) is 0 Å². The molecule has 5 nitrogen and oxygen atoms in total. The molecule has 164 valence electrons. The molecule has 0 unspecified atom stereocenters. The Balaban J connectivity index is 0.000000303. The molecule has 5 N–H and O–H groups in total. The predicted molar refractivity (Wildman–Crippen MR) is 133 cm³/mol. The minimum Gasteiger partial charge on any atom is -0.423 e. The molecule has 0 saturated heterocycles. The van der Waals surface area contributed by atoms with Crippen LogP contribution in [0.5, 0.6) is 0 Å². The third-order valence-electron chi connectivity index (χ3n) is 4.75. The first-order valence-electron chi connectivity index (χ1n) is 10.4. The predicted octanol–water partition coefficient (Wildman–Crippen LogP) is 3.74. The second-order valence-corrected chi connectivity index (χ2v) is 6.88. The van der Waals surface area contributed by atoms with E-state index < -0.39 is 7.12 Å². The lowest BCUT2D eigenvalue weighted by molar-refractivity contribution is 0.425. The summed E-state index contributed by atoms with van der Waals surface area (Å²) in [6, 6.07) is 19.1. The van der Waals surface area contributed by atoms with Gasteiger partial charge < -0.3 is 21.1 Å². The quantitative estimate of drug-likeness (QED) is 0.249. The van der Waals surface area contributed by atoms with E-state index in [-0.39, 0.29) is 0 Å². The van der Waals surface area contributed by atoms with Crippen LogP contribution in [0.15, 0.2) is 103 Å².